The molecule has 0 atom stereocenters. The molecule has 178 valence electrons. The minimum absolute atomic E-state index is 0.00306. The van der Waals surface area contributed by atoms with Crippen LogP contribution in [0.4, 0.5) is 10.5 Å². The highest BCUT2D eigenvalue weighted by Crippen LogP contribution is 2.25. The number of rotatable bonds is 7. The van der Waals surface area contributed by atoms with E-state index in [1.54, 1.807) is 55.5 Å². The summed E-state index contributed by atoms with van der Waals surface area (Å²) < 4.78 is 10.7. The average Bonchev–Trinajstić information content (AvgIpc) is 3.41. The SMILES string of the molecule is CCOC(=O)c1ccc(-c2ccc(/C=C3/NC(=O)N(CC(=O)Nc4ccc(C)cc4)C3=O)o2)cc1. The minimum Gasteiger partial charge on any atom is -0.462 e. The van der Waals surface area contributed by atoms with Crippen LogP contribution in [0.3, 0.4) is 0 Å². The van der Waals surface area contributed by atoms with Gasteiger partial charge in [0.1, 0.15) is 23.8 Å². The van der Waals surface area contributed by atoms with Crippen molar-refractivity contribution >= 4 is 35.6 Å². The van der Waals surface area contributed by atoms with E-state index in [4.69, 9.17) is 9.15 Å². The Labute approximate surface area is 201 Å². The molecule has 35 heavy (non-hydrogen) atoms. The quantitative estimate of drug-likeness (QED) is 0.305. The smallest absolute Gasteiger partial charge is 0.338 e. The third-order valence-corrected chi connectivity index (χ3v) is 5.19. The van der Waals surface area contributed by atoms with E-state index in [0.29, 0.717) is 29.4 Å². The first-order valence-corrected chi connectivity index (χ1v) is 10.9. The lowest BCUT2D eigenvalue weighted by molar-refractivity contribution is -0.127. The summed E-state index contributed by atoms with van der Waals surface area (Å²) in [4.78, 5) is 49.9. The van der Waals surface area contributed by atoms with Gasteiger partial charge in [-0.15, -0.1) is 0 Å². The monoisotopic (exact) mass is 473 g/mol. The van der Waals surface area contributed by atoms with E-state index in [0.717, 1.165) is 16.0 Å². The zero-order chi connectivity index (χ0) is 24.9. The van der Waals surface area contributed by atoms with Gasteiger partial charge in [0.25, 0.3) is 5.91 Å². The number of esters is 1. The average molecular weight is 473 g/mol. The van der Waals surface area contributed by atoms with Gasteiger partial charge >= 0.3 is 12.0 Å². The molecule has 0 aliphatic carbocycles. The number of urea groups is 1. The van der Waals surface area contributed by atoms with E-state index in [1.165, 1.54) is 6.08 Å². The molecule has 2 heterocycles. The van der Waals surface area contributed by atoms with Gasteiger partial charge in [-0.1, -0.05) is 29.8 Å². The van der Waals surface area contributed by atoms with Crippen LogP contribution in [-0.4, -0.2) is 41.9 Å². The molecular weight excluding hydrogens is 450 g/mol. The molecule has 0 bridgehead atoms. The van der Waals surface area contributed by atoms with Gasteiger partial charge in [0.15, 0.2) is 0 Å². The number of ether oxygens (including phenoxy) is 1. The summed E-state index contributed by atoms with van der Waals surface area (Å²) in [5, 5.41) is 5.13. The summed E-state index contributed by atoms with van der Waals surface area (Å²) in [5.74, 6) is -0.685. The number of carbonyl (C=O) groups excluding carboxylic acids is 4. The molecule has 1 aromatic heterocycles. The maximum Gasteiger partial charge on any atom is 0.338 e. The third kappa shape index (κ3) is 5.47. The summed E-state index contributed by atoms with van der Waals surface area (Å²) in [5.41, 5.74) is 2.76. The largest absolute Gasteiger partial charge is 0.462 e. The zero-order valence-corrected chi connectivity index (χ0v) is 19.2. The number of carbonyl (C=O) groups is 4. The van der Waals surface area contributed by atoms with Gasteiger partial charge in [-0.3, -0.25) is 9.59 Å². The van der Waals surface area contributed by atoms with Crippen LogP contribution in [0.15, 0.2) is 70.8 Å². The Morgan fingerprint density at radius 1 is 1.03 bits per heavy atom. The van der Waals surface area contributed by atoms with Crippen molar-refractivity contribution in [1.82, 2.24) is 10.2 Å². The van der Waals surface area contributed by atoms with Crippen LogP contribution in [-0.2, 0) is 14.3 Å². The van der Waals surface area contributed by atoms with E-state index in [-0.39, 0.29) is 5.70 Å². The fraction of sp³-hybridized carbons (Fsp3) is 0.154. The second-order valence-electron chi connectivity index (χ2n) is 7.79. The Balaban J connectivity index is 1.42. The molecule has 2 aromatic carbocycles. The lowest BCUT2D eigenvalue weighted by atomic mass is 10.1. The molecule has 4 rings (SSSR count). The Kier molecular flexibility index (Phi) is 6.77. The van der Waals surface area contributed by atoms with Crippen molar-refractivity contribution in [3.05, 3.63) is 83.2 Å². The number of imide groups is 1. The zero-order valence-electron chi connectivity index (χ0n) is 19.2. The van der Waals surface area contributed by atoms with Gasteiger partial charge in [0, 0.05) is 17.3 Å². The summed E-state index contributed by atoms with van der Waals surface area (Å²) in [7, 11) is 0. The third-order valence-electron chi connectivity index (χ3n) is 5.19. The maximum absolute atomic E-state index is 12.7. The van der Waals surface area contributed by atoms with Crippen molar-refractivity contribution in [3.63, 3.8) is 0 Å². The number of nitrogens with one attached hydrogen (secondary N) is 2. The van der Waals surface area contributed by atoms with Crippen LogP contribution >= 0.6 is 0 Å². The Morgan fingerprint density at radius 3 is 2.43 bits per heavy atom. The van der Waals surface area contributed by atoms with Crippen molar-refractivity contribution in [2.24, 2.45) is 0 Å². The molecule has 0 spiro atoms. The van der Waals surface area contributed by atoms with Crippen molar-refractivity contribution in [2.45, 2.75) is 13.8 Å². The first kappa shape index (κ1) is 23.5. The van der Waals surface area contributed by atoms with E-state index < -0.39 is 30.4 Å². The standard InChI is InChI=1S/C26H23N3O6/c1-3-34-25(32)18-8-6-17(7-9-18)22-13-12-20(35-22)14-21-24(31)29(26(33)28-21)15-23(30)27-19-10-4-16(2)5-11-19/h4-14H,3,15H2,1-2H3,(H,27,30)(H,28,33)/b21-14+. The van der Waals surface area contributed by atoms with E-state index in [9.17, 15) is 19.2 Å². The van der Waals surface area contributed by atoms with Gasteiger partial charge in [0.05, 0.1) is 12.2 Å². The number of nitrogens with zero attached hydrogens (tertiary/aromatic N) is 1. The molecule has 4 amide bonds. The van der Waals surface area contributed by atoms with Crippen LogP contribution < -0.4 is 10.6 Å². The number of aryl methyl sites for hydroxylation is 1. The minimum atomic E-state index is -0.693. The Morgan fingerprint density at radius 2 is 1.74 bits per heavy atom. The number of amides is 4. The van der Waals surface area contributed by atoms with Crippen LogP contribution in [0.2, 0.25) is 0 Å². The molecule has 2 N–H and O–H groups in total. The van der Waals surface area contributed by atoms with Crippen LogP contribution in [0.1, 0.15) is 28.6 Å². The van der Waals surface area contributed by atoms with Gasteiger partial charge < -0.3 is 19.8 Å². The fourth-order valence-electron chi connectivity index (χ4n) is 3.41. The van der Waals surface area contributed by atoms with Gasteiger partial charge in [-0.2, -0.15) is 0 Å². The topological polar surface area (TPSA) is 118 Å². The molecule has 0 unspecified atom stereocenters. The number of benzene rings is 2. The highest BCUT2D eigenvalue weighted by molar-refractivity contribution is 6.15. The Bertz CT molecular complexity index is 1310. The van der Waals surface area contributed by atoms with Crippen molar-refractivity contribution < 1.29 is 28.3 Å². The summed E-state index contributed by atoms with van der Waals surface area (Å²) in [6.07, 6.45) is 1.40. The van der Waals surface area contributed by atoms with Gasteiger partial charge in [-0.05, 0) is 50.2 Å². The predicted molar refractivity (Wildman–Crippen MR) is 128 cm³/mol. The predicted octanol–water partition coefficient (Wildman–Crippen LogP) is 3.96. The fourth-order valence-corrected chi connectivity index (χ4v) is 3.41. The van der Waals surface area contributed by atoms with Gasteiger partial charge in [0.2, 0.25) is 5.91 Å². The molecule has 1 saturated heterocycles. The second-order valence-corrected chi connectivity index (χ2v) is 7.79. The number of anilines is 1. The van der Waals surface area contributed by atoms with Crippen molar-refractivity contribution in [1.29, 1.82) is 0 Å². The molecule has 0 radical (unpaired) electrons. The van der Waals surface area contributed by atoms with Crippen molar-refractivity contribution in [3.8, 4) is 11.3 Å². The summed E-state index contributed by atoms with van der Waals surface area (Å²) in [6, 6.07) is 16.5. The second kappa shape index (κ2) is 10.1. The lowest BCUT2D eigenvalue weighted by Gasteiger charge is -2.12. The lowest BCUT2D eigenvalue weighted by Crippen LogP contribution is -2.38. The maximum atomic E-state index is 12.7. The molecule has 0 saturated carbocycles. The molecular formula is C26H23N3O6. The van der Waals surface area contributed by atoms with Crippen LogP contribution in [0.25, 0.3) is 17.4 Å². The molecule has 1 aliphatic rings. The molecule has 3 aromatic rings. The highest BCUT2D eigenvalue weighted by atomic mass is 16.5. The van der Waals surface area contributed by atoms with E-state index >= 15 is 0 Å². The summed E-state index contributed by atoms with van der Waals surface area (Å²) >= 11 is 0. The first-order valence-electron chi connectivity index (χ1n) is 10.9. The first-order chi connectivity index (χ1) is 16.8. The van der Waals surface area contributed by atoms with Gasteiger partial charge in [-0.25, -0.2) is 14.5 Å². The molecule has 9 heteroatoms. The molecule has 1 aliphatic heterocycles. The number of furan rings is 1. The number of hydrogen-bond acceptors (Lipinski definition) is 6. The van der Waals surface area contributed by atoms with E-state index in [2.05, 4.69) is 10.6 Å². The number of hydrogen-bond donors (Lipinski definition) is 2. The molecule has 1 fully saturated rings. The van der Waals surface area contributed by atoms with Crippen LogP contribution in [0.5, 0.6) is 0 Å². The van der Waals surface area contributed by atoms with Crippen LogP contribution in [0, 0.1) is 6.92 Å². The summed E-state index contributed by atoms with van der Waals surface area (Å²) in [6.45, 7) is 3.53. The Hall–Kier alpha value is -4.66. The normalized spacial score (nSPS) is 14.2. The van der Waals surface area contributed by atoms with E-state index in [1.807, 2.05) is 19.1 Å². The van der Waals surface area contributed by atoms with Crippen molar-refractivity contribution in [2.75, 3.05) is 18.5 Å². The highest BCUT2D eigenvalue weighted by Gasteiger charge is 2.35. The molecule has 9 nitrogen and oxygen atoms in total.